The fourth-order valence-electron chi connectivity index (χ4n) is 1.77. The molecule has 0 unspecified atom stereocenters. The van der Waals surface area contributed by atoms with E-state index in [-0.39, 0.29) is 5.91 Å². The zero-order valence-corrected chi connectivity index (χ0v) is 12.8. The maximum absolute atomic E-state index is 11.8. The van der Waals surface area contributed by atoms with Gasteiger partial charge in [0.1, 0.15) is 0 Å². The molecular formula is C17H17ClN2O. The van der Waals surface area contributed by atoms with Crippen LogP contribution >= 0.6 is 11.6 Å². The van der Waals surface area contributed by atoms with Gasteiger partial charge in [0.2, 0.25) is 5.91 Å². The number of carbonyl (C=O) groups excluding carboxylic acids is 1. The van der Waals surface area contributed by atoms with Gasteiger partial charge >= 0.3 is 0 Å². The number of carbonyl (C=O) groups is 1. The van der Waals surface area contributed by atoms with Crippen molar-refractivity contribution in [2.75, 3.05) is 24.3 Å². The van der Waals surface area contributed by atoms with Crippen molar-refractivity contribution < 1.29 is 4.79 Å². The molecule has 0 radical (unpaired) electrons. The van der Waals surface area contributed by atoms with Crippen LogP contribution in [0.5, 0.6) is 0 Å². The number of nitrogens with zero attached hydrogens (tertiary/aromatic N) is 1. The van der Waals surface area contributed by atoms with Gasteiger partial charge in [-0.05, 0) is 48.0 Å². The van der Waals surface area contributed by atoms with E-state index in [4.69, 9.17) is 11.6 Å². The summed E-state index contributed by atoms with van der Waals surface area (Å²) in [5, 5.41) is 3.50. The van der Waals surface area contributed by atoms with Crippen molar-refractivity contribution in [2.24, 2.45) is 0 Å². The topological polar surface area (TPSA) is 32.3 Å². The van der Waals surface area contributed by atoms with Gasteiger partial charge in [0.25, 0.3) is 0 Å². The lowest BCUT2D eigenvalue weighted by Gasteiger charge is -2.12. The van der Waals surface area contributed by atoms with Gasteiger partial charge in [0.05, 0.1) is 0 Å². The Morgan fingerprint density at radius 2 is 1.67 bits per heavy atom. The average Bonchev–Trinajstić information content (AvgIpc) is 2.47. The van der Waals surface area contributed by atoms with E-state index in [1.165, 1.54) is 6.08 Å². The maximum atomic E-state index is 11.8. The van der Waals surface area contributed by atoms with Crippen molar-refractivity contribution in [1.82, 2.24) is 0 Å². The molecule has 1 amide bonds. The van der Waals surface area contributed by atoms with E-state index in [2.05, 4.69) is 5.32 Å². The van der Waals surface area contributed by atoms with Crippen molar-refractivity contribution >= 4 is 35.0 Å². The Morgan fingerprint density at radius 3 is 2.24 bits per heavy atom. The molecular weight excluding hydrogens is 284 g/mol. The molecule has 0 bridgehead atoms. The third kappa shape index (κ3) is 4.65. The van der Waals surface area contributed by atoms with Gasteiger partial charge in [-0.25, -0.2) is 0 Å². The van der Waals surface area contributed by atoms with E-state index >= 15 is 0 Å². The van der Waals surface area contributed by atoms with Crippen LogP contribution in [0.1, 0.15) is 5.56 Å². The first-order valence-electron chi connectivity index (χ1n) is 6.56. The van der Waals surface area contributed by atoms with E-state index in [1.807, 2.05) is 55.4 Å². The van der Waals surface area contributed by atoms with Crippen LogP contribution in [0, 0.1) is 0 Å². The van der Waals surface area contributed by atoms with Gasteiger partial charge in [-0.3, -0.25) is 4.79 Å². The molecule has 0 aromatic heterocycles. The number of hydrogen-bond acceptors (Lipinski definition) is 2. The lowest BCUT2D eigenvalue weighted by atomic mass is 10.2. The summed E-state index contributed by atoms with van der Waals surface area (Å²) in [6, 6.07) is 15.0. The molecule has 0 aliphatic carbocycles. The second-order valence-electron chi connectivity index (χ2n) is 4.82. The molecule has 0 spiro atoms. The molecule has 0 heterocycles. The smallest absolute Gasteiger partial charge is 0.248 e. The summed E-state index contributed by atoms with van der Waals surface area (Å²) in [5.74, 6) is -0.164. The zero-order chi connectivity index (χ0) is 15.2. The highest BCUT2D eigenvalue weighted by molar-refractivity contribution is 6.30. The number of amides is 1. The van der Waals surface area contributed by atoms with Crippen LogP contribution in [0.3, 0.4) is 0 Å². The fourth-order valence-corrected chi connectivity index (χ4v) is 1.90. The molecule has 21 heavy (non-hydrogen) atoms. The number of halogens is 1. The maximum Gasteiger partial charge on any atom is 0.248 e. The Morgan fingerprint density at radius 1 is 1.05 bits per heavy atom. The molecule has 4 heteroatoms. The first-order valence-corrected chi connectivity index (χ1v) is 6.94. The first kappa shape index (κ1) is 15.1. The van der Waals surface area contributed by atoms with E-state index in [1.54, 1.807) is 18.2 Å². The largest absolute Gasteiger partial charge is 0.378 e. The highest BCUT2D eigenvalue weighted by Gasteiger charge is 1.99. The quantitative estimate of drug-likeness (QED) is 0.864. The van der Waals surface area contributed by atoms with Crippen molar-refractivity contribution in [3.8, 4) is 0 Å². The molecule has 0 saturated heterocycles. The normalized spacial score (nSPS) is 10.6. The predicted molar refractivity (Wildman–Crippen MR) is 89.9 cm³/mol. The van der Waals surface area contributed by atoms with Gasteiger partial charge in [0, 0.05) is 36.6 Å². The summed E-state index contributed by atoms with van der Waals surface area (Å²) in [5.41, 5.74) is 2.79. The van der Waals surface area contributed by atoms with E-state index in [0.717, 1.165) is 16.9 Å². The lowest BCUT2D eigenvalue weighted by molar-refractivity contribution is -0.111. The summed E-state index contributed by atoms with van der Waals surface area (Å²) >= 11 is 5.81. The number of benzene rings is 2. The standard InChI is InChI=1S/C17H17ClN2O/c1-20(2)16-10-8-15(9-11-16)19-17(21)12-5-13-3-6-14(18)7-4-13/h3-12H,1-2H3,(H,19,21)/b12-5+. The second-order valence-corrected chi connectivity index (χ2v) is 5.25. The van der Waals surface area contributed by atoms with Crippen LogP contribution < -0.4 is 10.2 Å². The summed E-state index contributed by atoms with van der Waals surface area (Å²) < 4.78 is 0. The SMILES string of the molecule is CN(C)c1ccc(NC(=O)/C=C/c2ccc(Cl)cc2)cc1. The number of nitrogens with one attached hydrogen (secondary N) is 1. The highest BCUT2D eigenvalue weighted by Crippen LogP contribution is 2.16. The van der Waals surface area contributed by atoms with Crippen LogP contribution in [-0.4, -0.2) is 20.0 Å². The van der Waals surface area contributed by atoms with E-state index < -0.39 is 0 Å². The van der Waals surface area contributed by atoms with Gasteiger partial charge in [-0.1, -0.05) is 23.7 Å². The number of hydrogen-bond donors (Lipinski definition) is 1. The third-order valence-electron chi connectivity index (χ3n) is 2.95. The van der Waals surface area contributed by atoms with E-state index in [9.17, 15) is 4.79 Å². The third-order valence-corrected chi connectivity index (χ3v) is 3.20. The van der Waals surface area contributed by atoms with Crippen LogP contribution in [0.15, 0.2) is 54.6 Å². The Bertz CT molecular complexity index is 631. The summed E-state index contributed by atoms with van der Waals surface area (Å²) in [6.45, 7) is 0. The zero-order valence-electron chi connectivity index (χ0n) is 12.0. The Labute approximate surface area is 129 Å². The monoisotopic (exact) mass is 300 g/mol. The number of rotatable bonds is 4. The van der Waals surface area contributed by atoms with Gasteiger partial charge in [0.15, 0.2) is 0 Å². The molecule has 2 aromatic carbocycles. The van der Waals surface area contributed by atoms with Crippen LogP contribution in [0.25, 0.3) is 6.08 Å². The van der Waals surface area contributed by atoms with Crippen LogP contribution in [-0.2, 0) is 4.79 Å². The molecule has 3 nitrogen and oxygen atoms in total. The minimum atomic E-state index is -0.164. The molecule has 0 fully saturated rings. The highest BCUT2D eigenvalue weighted by atomic mass is 35.5. The minimum absolute atomic E-state index is 0.164. The molecule has 0 atom stereocenters. The van der Waals surface area contributed by atoms with Gasteiger partial charge in [-0.15, -0.1) is 0 Å². The fraction of sp³-hybridized carbons (Fsp3) is 0.118. The summed E-state index contributed by atoms with van der Waals surface area (Å²) in [6.07, 6.45) is 3.25. The molecule has 0 aliphatic heterocycles. The molecule has 0 aliphatic rings. The van der Waals surface area contributed by atoms with Crippen LogP contribution in [0.4, 0.5) is 11.4 Å². The summed E-state index contributed by atoms with van der Waals surface area (Å²) in [4.78, 5) is 13.8. The average molecular weight is 301 g/mol. The number of anilines is 2. The van der Waals surface area contributed by atoms with Gasteiger partial charge < -0.3 is 10.2 Å². The van der Waals surface area contributed by atoms with Crippen molar-refractivity contribution in [2.45, 2.75) is 0 Å². The first-order chi connectivity index (χ1) is 10.0. The Balaban J connectivity index is 1.96. The molecule has 0 saturated carbocycles. The van der Waals surface area contributed by atoms with Crippen molar-refractivity contribution in [3.05, 3.63) is 65.2 Å². The molecule has 1 N–H and O–H groups in total. The van der Waals surface area contributed by atoms with Crippen LogP contribution in [0.2, 0.25) is 5.02 Å². The predicted octanol–water partition coefficient (Wildman–Crippen LogP) is 4.06. The second kappa shape index (κ2) is 6.95. The molecule has 2 aromatic rings. The van der Waals surface area contributed by atoms with E-state index in [0.29, 0.717) is 5.02 Å². The lowest BCUT2D eigenvalue weighted by Crippen LogP contribution is -2.10. The Kier molecular flexibility index (Phi) is 5.01. The Hall–Kier alpha value is -2.26. The van der Waals surface area contributed by atoms with Crippen molar-refractivity contribution in [3.63, 3.8) is 0 Å². The van der Waals surface area contributed by atoms with Crippen molar-refractivity contribution in [1.29, 1.82) is 0 Å². The molecule has 108 valence electrons. The molecule has 2 rings (SSSR count). The summed E-state index contributed by atoms with van der Waals surface area (Å²) in [7, 11) is 3.95. The minimum Gasteiger partial charge on any atom is -0.378 e. The van der Waals surface area contributed by atoms with Gasteiger partial charge in [-0.2, -0.15) is 0 Å².